The largest absolute Gasteiger partial charge is 0.416 e. The second-order valence-corrected chi connectivity index (χ2v) is 7.51. The summed E-state index contributed by atoms with van der Waals surface area (Å²) in [5, 5.41) is 2.43. The lowest BCUT2D eigenvalue weighted by molar-refractivity contribution is -0.141. The smallest absolute Gasteiger partial charge is 0.336 e. The first-order valence-corrected chi connectivity index (χ1v) is 8.92. The van der Waals surface area contributed by atoms with Crippen molar-refractivity contribution in [2.45, 2.75) is 58.4 Å². The normalized spacial score (nSPS) is 20.1. The van der Waals surface area contributed by atoms with E-state index >= 15 is 0 Å². The lowest BCUT2D eigenvalue weighted by atomic mass is 9.90. The molecule has 0 spiro atoms. The van der Waals surface area contributed by atoms with Crippen LogP contribution in [0.3, 0.4) is 0 Å². The molecule has 2 rings (SSSR count). The second kappa shape index (κ2) is 7.44. The molecule has 0 radical (unpaired) electrons. The number of nitrogens with zero attached hydrogens (tertiary/aromatic N) is 2. The van der Waals surface area contributed by atoms with Gasteiger partial charge in [0, 0.05) is 12.1 Å². The van der Waals surface area contributed by atoms with Crippen LogP contribution in [0.4, 0.5) is 18.0 Å². The fourth-order valence-electron chi connectivity index (χ4n) is 3.43. The molecule has 4 amide bonds. The van der Waals surface area contributed by atoms with Crippen LogP contribution in [0.15, 0.2) is 24.3 Å². The summed E-state index contributed by atoms with van der Waals surface area (Å²) in [5.74, 6) is -1.18. The maximum atomic E-state index is 13.0. The molecule has 1 aliphatic heterocycles. The van der Waals surface area contributed by atoms with E-state index in [2.05, 4.69) is 5.32 Å². The average Bonchev–Trinajstić information content (AvgIpc) is 2.78. The Labute approximate surface area is 161 Å². The maximum Gasteiger partial charge on any atom is 0.416 e. The van der Waals surface area contributed by atoms with Gasteiger partial charge in [0.25, 0.3) is 5.91 Å². The van der Waals surface area contributed by atoms with Crippen LogP contribution in [0.5, 0.6) is 0 Å². The Kier molecular flexibility index (Phi) is 5.77. The van der Waals surface area contributed by atoms with Crippen LogP contribution in [0.2, 0.25) is 0 Å². The number of carbonyl (C=O) groups is 3. The third-order valence-electron chi connectivity index (χ3n) is 4.74. The second-order valence-electron chi connectivity index (χ2n) is 7.51. The lowest BCUT2D eigenvalue weighted by Gasteiger charge is -2.32. The molecular formula is C19H24F3N3O3. The zero-order chi connectivity index (χ0) is 21.4. The summed E-state index contributed by atoms with van der Waals surface area (Å²) < 4.78 is 39.0. The number of hydrogen-bond acceptors (Lipinski definition) is 3. The van der Waals surface area contributed by atoms with Crippen LogP contribution in [0.1, 0.15) is 45.7 Å². The molecule has 1 aromatic rings. The summed E-state index contributed by atoms with van der Waals surface area (Å²) >= 11 is 0. The Morgan fingerprint density at radius 1 is 1.18 bits per heavy atom. The third-order valence-corrected chi connectivity index (χ3v) is 4.74. The Hall–Kier alpha value is -2.58. The fourth-order valence-corrected chi connectivity index (χ4v) is 3.43. The van der Waals surface area contributed by atoms with Crippen molar-refractivity contribution in [2.75, 3.05) is 6.54 Å². The molecule has 0 saturated carbocycles. The van der Waals surface area contributed by atoms with E-state index < -0.39 is 41.7 Å². The van der Waals surface area contributed by atoms with Gasteiger partial charge >= 0.3 is 12.2 Å². The highest BCUT2D eigenvalue weighted by Crippen LogP contribution is 2.34. The molecule has 1 fully saturated rings. The zero-order valence-corrected chi connectivity index (χ0v) is 16.4. The molecule has 1 aromatic carbocycles. The highest BCUT2D eigenvalue weighted by molar-refractivity contribution is 6.09. The Bertz CT molecular complexity index is 784. The number of nitrogens with one attached hydrogen (secondary N) is 1. The third kappa shape index (κ3) is 3.98. The molecule has 6 nitrogen and oxygen atoms in total. The Balaban J connectivity index is 2.31. The topological polar surface area (TPSA) is 69.7 Å². The molecule has 1 heterocycles. The lowest BCUT2D eigenvalue weighted by Crippen LogP contribution is -2.49. The Morgan fingerprint density at radius 2 is 1.75 bits per heavy atom. The van der Waals surface area contributed by atoms with Gasteiger partial charge in [0.15, 0.2) is 0 Å². The van der Waals surface area contributed by atoms with Gasteiger partial charge in [0.2, 0.25) is 5.91 Å². The van der Waals surface area contributed by atoms with Crippen LogP contribution in [-0.2, 0) is 21.3 Å². The highest BCUT2D eigenvalue weighted by Gasteiger charge is 2.50. The van der Waals surface area contributed by atoms with Crippen molar-refractivity contribution in [3.63, 3.8) is 0 Å². The number of urea groups is 1. The van der Waals surface area contributed by atoms with E-state index in [9.17, 15) is 27.6 Å². The Morgan fingerprint density at radius 3 is 2.25 bits per heavy atom. The molecule has 28 heavy (non-hydrogen) atoms. The van der Waals surface area contributed by atoms with Gasteiger partial charge in [-0.2, -0.15) is 13.2 Å². The minimum absolute atomic E-state index is 0.000185. The molecular weight excluding hydrogens is 375 g/mol. The molecule has 0 aliphatic carbocycles. The number of rotatable bonds is 5. The van der Waals surface area contributed by atoms with Crippen LogP contribution in [0, 0.1) is 0 Å². The molecule has 0 unspecified atom stereocenters. The van der Waals surface area contributed by atoms with Crippen LogP contribution >= 0.6 is 0 Å². The molecule has 154 valence electrons. The van der Waals surface area contributed by atoms with Gasteiger partial charge in [-0.3, -0.25) is 14.5 Å². The zero-order valence-electron chi connectivity index (χ0n) is 16.4. The molecule has 1 aliphatic rings. The van der Waals surface area contributed by atoms with Crippen molar-refractivity contribution < 1.29 is 27.6 Å². The van der Waals surface area contributed by atoms with Crippen LogP contribution in [0.25, 0.3) is 0 Å². The van der Waals surface area contributed by atoms with Gasteiger partial charge in [-0.25, -0.2) is 4.79 Å². The quantitative estimate of drug-likeness (QED) is 0.774. The van der Waals surface area contributed by atoms with Crippen LogP contribution in [-0.4, -0.2) is 46.3 Å². The summed E-state index contributed by atoms with van der Waals surface area (Å²) in [7, 11) is 0. The van der Waals surface area contributed by atoms with Gasteiger partial charge < -0.3 is 10.2 Å². The standard InChI is InChI=1S/C19H24F3N3O3/c1-11(2)25(12(3)4)15(26)10-24-16(27)18(5,23-17(24)28)13-7-6-8-14(9-13)19(20,21)22/h6-9,11-12H,10H2,1-5H3,(H,23,28)/t18-/m0/s1. The SMILES string of the molecule is CC(C)N(C(=O)CN1C(=O)N[C@@](C)(c2cccc(C(F)(F)F)c2)C1=O)C(C)C. The van der Waals surface area contributed by atoms with Crippen LogP contribution < -0.4 is 5.32 Å². The average molecular weight is 399 g/mol. The molecule has 1 saturated heterocycles. The summed E-state index contributed by atoms with van der Waals surface area (Å²) in [5.41, 5.74) is -2.60. The first kappa shape index (κ1) is 21.7. The van der Waals surface area contributed by atoms with E-state index in [-0.39, 0.29) is 17.6 Å². The molecule has 9 heteroatoms. The molecule has 0 aromatic heterocycles. The number of carbonyl (C=O) groups excluding carboxylic acids is 3. The monoisotopic (exact) mass is 399 g/mol. The number of hydrogen-bond donors (Lipinski definition) is 1. The number of imide groups is 1. The van der Waals surface area contributed by atoms with Gasteiger partial charge in [0.1, 0.15) is 12.1 Å². The van der Waals surface area contributed by atoms with Crippen molar-refractivity contribution in [1.29, 1.82) is 0 Å². The maximum absolute atomic E-state index is 13.0. The summed E-state index contributed by atoms with van der Waals surface area (Å²) in [6.45, 7) is 8.12. The predicted molar refractivity (Wildman–Crippen MR) is 96.2 cm³/mol. The van der Waals surface area contributed by atoms with E-state index in [1.165, 1.54) is 19.1 Å². The minimum atomic E-state index is -4.58. The fraction of sp³-hybridized carbons (Fsp3) is 0.526. The first-order valence-electron chi connectivity index (χ1n) is 8.92. The van der Waals surface area contributed by atoms with Crippen molar-refractivity contribution >= 4 is 17.8 Å². The summed E-state index contributed by atoms with van der Waals surface area (Å²) in [6.07, 6.45) is -4.58. The van der Waals surface area contributed by atoms with Crippen molar-refractivity contribution in [3.8, 4) is 0 Å². The summed E-state index contributed by atoms with van der Waals surface area (Å²) in [4.78, 5) is 40.1. The predicted octanol–water partition coefficient (Wildman–Crippen LogP) is 3.12. The van der Waals surface area contributed by atoms with E-state index in [1.807, 2.05) is 27.7 Å². The van der Waals surface area contributed by atoms with E-state index in [0.717, 1.165) is 17.0 Å². The number of halogens is 3. The van der Waals surface area contributed by atoms with E-state index in [4.69, 9.17) is 0 Å². The highest BCUT2D eigenvalue weighted by atomic mass is 19.4. The van der Waals surface area contributed by atoms with Gasteiger partial charge in [0.05, 0.1) is 5.56 Å². The number of alkyl halides is 3. The molecule has 0 bridgehead atoms. The molecule has 1 atom stereocenters. The minimum Gasteiger partial charge on any atom is -0.336 e. The van der Waals surface area contributed by atoms with Crippen molar-refractivity contribution in [2.24, 2.45) is 0 Å². The van der Waals surface area contributed by atoms with Crippen molar-refractivity contribution in [1.82, 2.24) is 15.1 Å². The van der Waals surface area contributed by atoms with E-state index in [0.29, 0.717) is 0 Å². The van der Waals surface area contributed by atoms with Crippen molar-refractivity contribution in [3.05, 3.63) is 35.4 Å². The van der Waals surface area contributed by atoms with Gasteiger partial charge in [-0.05, 0) is 52.3 Å². The number of benzene rings is 1. The number of amides is 4. The van der Waals surface area contributed by atoms with E-state index in [1.54, 1.807) is 4.90 Å². The summed E-state index contributed by atoms with van der Waals surface area (Å²) in [6, 6.07) is 3.15. The van der Waals surface area contributed by atoms with Gasteiger partial charge in [-0.15, -0.1) is 0 Å². The molecule has 1 N–H and O–H groups in total. The first-order chi connectivity index (χ1) is 12.8. The van der Waals surface area contributed by atoms with Gasteiger partial charge in [-0.1, -0.05) is 12.1 Å².